The third-order valence-corrected chi connectivity index (χ3v) is 4.26. The van der Waals surface area contributed by atoms with Crippen LogP contribution in [0.1, 0.15) is 49.2 Å². The molecule has 0 amide bonds. The number of carbonyl (C=O) groups excluding carboxylic acids is 1. The van der Waals surface area contributed by atoms with Gasteiger partial charge in [0.15, 0.2) is 15.2 Å². The number of methoxy groups -OCH3 is 1. The molecule has 0 unspecified atom stereocenters. The zero-order valence-electron chi connectivity index (χ0n) is 11.7. The molecule has 108 valence electrons. The molecule has 6 heteroatoms. The zero-order chi connectivity index (χ0) is 14.3. The zero-order valence-corrected chi connectivity index (χ0v) is 13.3. The first kappa shape index (κ1) is 16.2. The molecule has 0 atom stereocenters. The van der Waals surface area contributed by atoms with Crippen molar-refractivity contribution in [2.45, 2.75) is 39.5 Å². The van der Waals surface area contributed by atoms with Gasteiger partial charge in [0, 0.05) is 13.1 Å². The SMILES string of the molecule is CCCCN(CCCC)c1nc(Cl)c(C(=O)OC)s1. The Hall–Kier alpha value is -0.810. The molecule has 0 aliphatic heterocycles. The molecule has 1 rings (SSSR count). The normalized spacial score (nSPS) is 10.5. The molecule has 4 nitrogen and oxygen atoms in total. The molecule has 0 bridgehead atoms. The molecular weight excluding hydrogens is 284 g/mol. The van der Waals surface area contributed by atoms with E-state index < -0.39 is 5.97 Å². The van der Waals surface area contributed by atoms with Crippen LogP contribution in [0.3, 0.4) is 0 Å². The third-order valence-electron chi connectivity index (χ3n) is 2.78. The summed E-state index contributed by atoms with van der Waals surface area (Å²) in [7, 11) is 1.35. The minimum atomic E-state index is -0.417. The van der Waals surface area contributed by atoms with Gasteiger partial charge in [-0.05, 0) is 12.8 Å². The van der Waals surface area contributed by atoms with Crippen LogP contribution in [0.2, 0.25) is 5.15 Å². The van der Waals surface area contributed by atoms with E-state index in [1.807, 2.05) is 0 Å². The molecule has 0 N–H and O–H groups in total. The lowest BCUT2D eigenvalue weighted by molar-refractivity contribution is 0.0606. The summed E-state index contributed by atoms with van der Waals surface area (Å²) in [6.07, 6.45) is 4.47. The number of anilines is 1. The molecule has 1 heterocycles. The van der Waals surface area contributed by atoms with E-state index in [4.69, 9.17) is 16.3 Å². The van der Waals surface area contributed by atoms with Crippen LogP contribution in [-0.2, 0) is 4.74 Å². The Morgan fingerprint density at radius 1 is 1.32 bits per heavy atom. The quantitative estimate of drug-likeness (QED) is 0.681. The van der Waals surface area contributed by atoms with Crippen molar-refractivity contribution < 1.29 is 9.53 Å². The summed E-state index contributed by atoms with van der Waals surface area (Å²) >= 11 is 7.31. The Balaban J connectivity index is 2.85. The summed E-state index contributed by atoms with van der Waals surface area (Å²) in [4.78, 5) is 18.4. The summed E-state index contributed by atoms with van der Waals surface area (Å²) < 4.78 is 4.70. The number of thiazole rings is 1. The van der Waals surface area contributed by atoms with Crippen molar-refractivity contribution in [1.29, 1.82) is 0 Å². The number of rotatable bonds is 8. The van der Waals surface area contributed by atoms with Gasteiger partial charge in [-0.15, -0.1) is 0 Å². The highest BCUT2D eigenvalue weighted by atomic mass is 35.5. The number of aromatic nitrogens is 1. The number of halogens is 1. The Kier molecular flexibility index (Phi) is 7.16. The molecule has 0 aliphatic rings. The van der Waals surface area contributed by atoms with Crippen molar-refractivity contribution in [1.82, 2.24) is 4.98 Å². The maximum Gasteiger partial charge on any atom is 0.351 e. The van der Waals surface area contributed by atoms with Gasteiger partial charge >= 0.3 is 5.97 Å². The average molecular weight is 305 g/mol. The molecule has 1 aromatic heterocycles. The van der Waals surface area contributed by atoms with Crippen molar-refractivity contribution in [3.63, 3.8) is 0 Å². The van der Waals surface area contributed by atoms with E-state index in [0.29, 0.717) is 4.88 Å². The molecule has 0 radical (unpaired) electrons. The van der Waals surface area contributed by atoms with E-state index in [0.717, 1.165) is 43.9 Å². The van der Waals surface area contributed by atoms with Gasteiger partial charge in [0.2, 0.25) is 0 Å². The first-order chi connectivity index (χ1) is 9.13. The third kappa shape index (κ3) is 4.66. The molecule has 0 aliphatic carbocycles. The number of hydrogen-bond donors (Lipinski definition) is 0. The second-order valence-electron chi connectivity index (χ2n) is 4.30. The smallest absolute Gasteiger partial charge is 0.351 e. The Labute approximate surface area is 123 Å². The summed E-state index contributed by atoms with van der Waals surface area (Å²) in [5, 5.41) is 1.05. The second kappa shape index (κ2) is 8.38. The first-order valence-corrected chi connectivity index (χ1v) is 7.83. The van der Waals surface area contributed by atoms with E-state index in [1.165, 1.54) is 18.4 Å². The van der Waals surface area contributed by atoms with Crippen molar-refractivity contribution in [3.8, 4) is 0 Å². The number of nitrogens with zero attached hydrogens (tertiary/aromatic N) is 2. The van der Waals surface area contributed by atoms with E-state index >= 15 is 0 Å². The highest BCUT2D eigenvalue weighted by molar-refractivity contribution is 7.18. The number of unbranched alkanes of at least 4 members (excludes halogenated alkanes) is 2. The van der Waals surface area contributed by atoms with E-state index in [9.17, 15) is 4.79 Å². The van der Waals surface area contributed by atoms with Gasteiger partial charge in [-0.1, -0.05) is 49.6 Å². The molecule has 0 saturated carbocycles. The van der Waals surface area contributed by atoms with Gasteiger partial charge in [0.25, 0.3) is 0 Å². The van der Waals surface area contributed by atoms with E-state index in [2.05, 4.69) is 23.7 Å². The monoisotopic (exact) mass is 304 g/mol. The summed E-state index contributed by atoms with van der Waals surface area (Å²) in [6.45, 7) is 6.21. The van der Waals surface area contributed by atoms with E-state index in [-0.39, 0.29) is 5.15 Å². The number of esters is 1. The molecule has 0 aromatic carbocycles. The van der Waals surface area contributed by atoms with Crippen molar-refractivity contribution >= 4 is 34.0 Å². The maximum absolute atomic E-state index is 11.5. The lowest BCUT2D eigenvalue weighted by Gasteiger charge is -2.21. The largest absolute Gasteiger partial charge is 0.465 e. The molecule has 19 heavy (non-hydrogen) atoms. The summed E-state index contributed by atoms with van der Waals surface area (Å²) in [5.41, 5.74) is 0. The predicted octanol–water partition coefficient (Wildman–Crippen LogP) is 3.99. The molecular formula is C13H21ClN2O2S. The minimum absolute atomic E-state index is 0.241. The first-order valence-electron chi connectivity index (χ1n) is 6.63. The van der Waals surface area contributed by atoms with Gasteiger partial charge in [-0.2, -0.15) is 0 Å². The highest BCUT2D eigenvalue weighted by Crippen LogP contribution is 2.30. The van der Waals surface area contributed by atoms with Crippen LogP contribution in [0.5, 0.6) is 0 Å². The highest BCUT2D eigenvalue weighted by Gasteiger charge is 2.20. The molecule has 0 fully saturated rings. The Morgan fingerprint density at radius 3 is 2.37 bits per heavy atom. The standard InChI is InChI=1S/C13H21ClN2O2S/c1-4-6-8-16(9-7-5-2)13-15-11(14)10(19-13)12(17)18-3/h4-9H2,1-3H3. The van der Waals surface area contributed by atoms with Gasteiger partial charge < -0.3 is 9.64 Å². The van der Waals surface area contributed by atoms with Crippen LogP contribution in [0.15, 0.2) is 0 Å². The molecule has 0 saturated heterocycles. The second-order valence-corrected chi connectivity index (χ2v) is 5.64. The summed E-state index contributed by atoms with van der Waals surface area (Å²) in [6, 6.07) is 0. The van der Waals surface area contributed by atoms with Crippen LogP contribution in [0.25, 0.3) is 0 Å². The van der Waals surface area contributed by atoms with Gasteiger partial charge in [-0.25, -0.2) is 9.78 Å². The van der Waals surface area contributed by atoms with Crippen molar-refractivity contribution in [3.05, 3.63) is 10.0 Å². The number of ether oxygens (including phenoxy) is 1. The lowest BCUT2D eigenvalue weighted by atomic mass is 10.3. The van der Waals surface area contributed by atoms with Crippen LogP contribution >= 0.6 is 22.9 Å². The lowest BCUT2D eigenvalue weighted by Crippen LogP contribution is -2.25. The van der Waals surface area contributed by atoms with Gasteiger partial charge in [0.05, 0.1) is 7.11 Å². The fourth-order valence-electron chi connectivity index (χ4n) is 1.65. The van der Waals surface area contributed by atoms with Crippen LogP contribution in [0, 0.1) is 0 Å². The predicted molar refractivity (Wildman–Crippen MR) is 80.5 cm³/mol. The Bertz CT molecular complexity index is 401. The van der Waals surface area contributed by atoms with E-state index in [1.54, 1.807) is 0 Å². The number of hydrogen-bond acceptors (Lipinski definition) is 5. The number of carbonyl (C=O) groups is 1. The maximum atomic E-state index is 11.5. The topological polar surface area (TPSA) is 42.4 Å². The minimum Gasteiger partial charge on any atom is -0.465 e. The molecule has 0 spiro atoms. The fraction of sp³-hybridized carbons (Fsp3) is 0.692. The van der Waals surface area contributed by atoms with Crippen LogP contribution < -0.4 is 4.90 Å². The van der Waals surface area contributed by atoms with Crippen molar-refractivity contribution in [2.24, 2.45) is 0 Å². The van der Waals surface area contributed by atoms with Gasteiger partial charge in [0.1, 0.15) is 0 Å². The van der Waals surface area contributed by atoms with Gasteiger partial charge in [-0.3, -0.25) is 0 Å². The fourth-order valence-corrected chi connectivity index (χ4v) is 2.90. The Morgan fingerprint density at radius 2 is 1.89 bits per heavy atom. The van der Waals surface area contributed by atoms with Crippen LogP contribution in [-0.4, -0.2) is 31.2 Å². The van der Waals surface area contributed by atoms with Crippen LogP contribution in [0.4, 0.5) is 5.13 Å². The summed E-state index contributed by atoms with van der Waals surface area (Å²) in [5.74, 6) is -0.417. The molecule has 1 aromatic rings. The average Bonchev–Trinajstić information content (AvgIpc) is 2.80. The van der Waals surface area contributed by atoms with Crippen molar-refractivity contribution in [2.75, 3.05) is 25.1 Å².